The molecule has 4 nitrogen and oxygen atoms in total. The Morgan fingerprint density at radius 3 is 2.32 bits per heavy atom. The smallest absolute Gasteiger partial charge is 0.143 e. The van der Waals surface area contributed by atoms with Crippen LogP contribution >= 0.6 is 0 Å². The molecule has 0 saturated carbocycles. The van der Waals surface area contributed by atoms with Crippen molar-refractivity contribution in [1.82, 2.24) is 0 Å². The Labute approximate surface area is 131 Å². The number of nitrogen functional groups attached to an aromatic ring is 1. The lowest BCUT2D eigenvalue weighted by Gasteiger charge is -2.00. The maximum atomic E-state index is 9.60. The van der Waals surface area contributed by atoms with Gasteiger partial charge in [-0.15, -0.1) is 10.2 Å². The van der Waals surface area contributed by atoms with Gasteiger partial charge in [0.1, 0.15) is 17.1 Å². The van der Waals surface area contributed by atoms with Crippen LogP contribution in [0.15, 0.2) is 77.5 Å². The molecular formula is C18H21N3O. The van der Waals surface area contributed by atoms with Crippen LogP contribution in [-0.4, -0.2) is 5.11 Å². The lowest BCUT2D eigenvalue weighted by molar-refractivity contribution is 0.476. The van der Waals surface area contributed by atoms with Crippen LogP contribution in [0.5, 0.6) is 5.75 Å². The number of benzene rings is 2. The van der Waals surface area contributed by atoms with Crippen LogP contribution in [0.25, 0.3) is 0 Å². The molecule has 0 unspecified atom stereocenters. The number of aromatic hydroxyl groups is 1. The first-order valence-corrected chi connectivity index (χ1v) is 6.78. The second-order valence-electron chi connectivity index (χ2n) is 4.80. The molecule has 0 fully saturated rings. The van der Waals surface area contributed by atoms with Gasteiger partial charge in [-0.05, 0) is 43.7 Å². The van der Waals surface area contributed by atoms with Gasteiger partial charge in [-0.25, -0.2) is 0 Å². The molecular weight excluding hydrogens is 274 g/mol. The van der Waals surface area contributed by atoms with Gasteiger partial charge < -0.3 is 10.8 Å². The Hall–Kier alpha value is -2.88. The van der Waals surface area contributed by atoms with Crippen molar-refractivity contribution < 1.29 is 5.11 Å². The highest BCUT2D eigenvalue weighted by Crippen LogP contribution is 2.30. The molecule has 0 aliphatic carbocycles. The van der Waals surface area contributed by atoms with E-state index in [0.717, 1.165) is 11.1 Å². The molecule has 4 heteroatoms. The summed E-state index contributed by atoms with van der Waals surface area (Å²) in [6.07, 6.45) is 1.72. The van der Waals surface area contributed by atoms with Crippen molar-refractivity contribution in [3.8, 4) is 5.75 Å². The minimum absolute atomic E-state index is 0.105. The number of hydrogen-bond donors (Lipinski definition) is 2. The molecule has 0 aliphatic heterocycles. The fraction of sp³-hybridized carbons (Fsp3) is 0.111. The van der Waals surface area contributed by atoms with E-state index in [-0.39, 0.29) is 5.75 Å². The van der Waals surface area contributed by atoms with Crippen molar-refractivity contribution in [2.45, 2.75) is 13.8 Å². The van der Waals surface area contributed by atoms with Gasteiger partial charge in [0.05, 0.1) is 5.69 Å². The third kappa shape index (κ3) is 5.63. The number of nitrogens with zero attached hydrogens (tertiary/aromatic N) is 2. The highest BCUT2D eigenvalue weighted by Gasteiger charge is 2.00. The van der Waals surface area contributed by atoms with E-state index < -0.39 is 0 Å². The molecule has 114 valence electrons. The summed E-state index contributed by atoms with van der Waals surface area (Å²) in [6, 6.07) is 12.4. The molecule has 0 bridgehead atoms. The number of hydrogen-bond acceptors (Lipinski definition) is 4. The summed E-state index contributed by atoms with van der Waals surface area (Å²) in [4.78, 5) is 0. The number of rotatable bonds is 3. The topological polar surface area (TPSA) is 71.0 Å². The van der Waals surface area contributed by atoms with Gasteiger partial charge in [-0.2, -0.15) is 0 Å². The van der Waals surface area contributed by atoms with Crippen molar-refractivity contribution in [3.05, 3.63) is 72.8 Å². The maximum absolute atomic E-state index is 9.60. The molecule has 0 spiro atoms. The van der Waals surface area contributed by atoms with Crippen LogP contribution in [0, 0.1) is 6.92 Å². The van der Waals surface area contributed by atoms with Crippen molar-refractivity contribution in [3.63, 3.8) is 0 Å². The van der Waals surface area contributed by atoms with E-state index in [4.69, 9.17) is 5.73 Å². The van der Waals surface area contributed by atoms with Crippen molar-refractivity contribution in [2.75, 3.05) is 5.73 Å². The average Bonchev–Trinajstić information content (AvgIpc) is 2.50. The first-order valence-electron chi connectivity index (χ1n) is 6.78. The Kier molecular flexibility index (Phi) is 6.57. The summed E-state index contributed by atoms with van der Waals surface area (Å²) in [5.74, 6) is 0.105. The third-order valence-electron chi connectivity index (χ3n) is 2.68. The Bertz CT molecular complexity index is 690. The van der Waals surface area contributed by atoms with E-state index in [2.05, 4.69) is 23.4 Å². The summed E-state index contributed by atoms with van der Waals surface area (Å²) in [6.45, 7) is 10.9. The highest BCUT2D eigenvalue weighted by molar-refractivity contribution is 5.62. The first-order chi connectivity index (χ1) is 10.4. The van der Waals surface area contributed by atoms with E-state index in [1.807, 2.05) is 32.0 Å². The summed E-state index contributed by atoms with van der Waals surface area (Å²) in [5.41, 5.74) is 9.35. The average molecular weight is 295 g/mol. The Morgan fingerprint density at radius 2 is 1.73 bits per heavy atom. The largest absolute Gasteiger partial charge is 0.506 e. The molecule has 0 aromatic heterocycles. The van der Waals surface area contributed by atoms with Gasteiger partial charge >= 0.3 is 0 Å². The number of phenols is 1. The van der Waals surface area contributed by atoms with E-state index in [0.29, 0.717) is 17.1 Å². The second-order valence-corrected chi connectivity index (χ2v) is 4.80. The van der Waals surface area contributed by atoms with E-state index in [1.54, 1.807) is 30.3 Å². The highest BCUT2D eigenvalue weighted by atomic mass is 16.3. The van der Waals surface area contributed by atoms with Crippen LogP contribution < -0.4 is 5.73 Å². The van der Waals surface area contributed by atoms with Gasteiger partial charge in [0.15, 0.2) is 0 Å². The lowest BCUT2D eigenvalue weighted by atomic mass is 10.2. The number of para-hydroxylation sites is 1. The minimum atomic E-state index is 0.105. The Morgan fingerprint density at radius 1 is 1.14 bits per heavy atom. The summed E-state index contributed by atoms with van der Waals surface area (Å²) in [5, 5.41) is 17.6. The zero-order valence-corrected chi connectivity index (χ0v) is 13.0. The summed E-state index contributed by atoms with van der Waals surface area (Å²) in [7, 11) is 0. The van der Waals surface area contributed by atoms with Crippen LogP contribution in [-0.2, 0) is 0 Å². The van der Waals surface area contributed by atoms with Crippen LogP contribution in [0.2, 0.25) is 0 Å². The Balaban J connectivity index is 0.000000422. The van der Waals surface area contributed by atoms with Crippen molar-refractivity contribution in [1.29, 1.82) is 0 Å². The summed E-state index contributed by atoms with van der Waals surface area (Å²) < 4.78 is 0. The minimum Gasteiger partial charge on any atom is -0.506 e. The SMILES string of the molecule is C=CC(=C)C.Cc1ccc(O)c(N=Nc2ccccc2N)c1. The molecule has 2 aromatic carbocycles. The number of azo groups is 1. The van der Waals surface area contributed by atoms with E-state index >= 15 is 0 Å². The molecule has 22 heavy (non-hydrogen) atoms. The van der Waals surface area contributed by atoms with Crippen molar-refractivity contribution >= 4 is 17.1 Å². The zero-order valence-electron chi connectivity index (χ0n) is 13.0. The quantitative estimate of drug-likeness (QED) is 0.449. The molecule has 3 N–H and O–H groups in total. The van der Waals surface area contributed by atoms with Gasteiger partial charge in [0, 0.05) is 0 Å². The number of aryl methyl sites for hydroxylation is 1. The fourth-order valence-electron chi connectivity index (χ4n) is 1.40. The molecule has 0 amide bonds. The van der Waals surface area contributed by atoms with Crippen LogP contribution in [0.1, 0.15) is 12.5 Å². The third-order valence-corrected chi connectivity index (χ3v) is 2.68. The zero-order chi connectivity index (χ0) is 16.5. The maximum Gasteiger partial charge on any atom is 0.143 e. The van der Waals surface area contributed by atoms with Gasteiger partial charge in [0.2, 0.25) is 0 Å². The predicted octanol–water partition coefficient (Wildman–Crippen LogP) is 5.45. The molecule has 0 radical (unpaired) electrons. The molecule has 0 heterocycles. The molecule has 0 saturated heterocycles. The monoisotopic (exact) mass is 295 g/mol. The number of anilines is 1. The van der Waals surface area contributed by atoms with E-state index in [9.17, 15) is 5.11 Å². The predicted molar refractivity (Wildman–Crippen MR) is 92.9 cm³/mol. The van der Waals surface area contributed by atoms with E-state index in [1.165, 1.54) is 0 Å². The van der Waals surface area contributed by atoms with Gasteiger partial charge in [-0.1, -0.05) is 43.0 Å². The molecule has 0 aliphatic rings. The molecule has 0 atom stereocenters. The summed E-state index contributed by atoms with van der Waals surface area (Å²) >= 11 is 0. The standard InChI is InChI=1S/C13H13N3O.C5H8/c1-9-6-7-13(17)12(8-9)16-15-11-5-3-2-4-10(11)14;1-4-5(2)3/h2-8,17H,14H2,1H3;4H,1-2H2,3H3. The van der Waals surface area contributed by atoms with Gasteiger partial charge in [0.25, 0.3) is 0 Å². The molecule has 2 rings (SSSR count). The second kappa shape index (κ2) is 8.42. The van der Waals surface area contributed by atoms with Gasteiger partial charge in [-0.3, -0.25) is 0 Å². The lowest BCUT2D eigenvalue weighted by Crippen LogP contribution is -1.82. The number of allylic oxidation sites excluding steroid dienone is 2. The molecule has 2 aromatic rings. The van der Waals surface area contributed by atoms with Crippen LogP contribution in [0.4, 0.5) is 17.1 Å². The normalized spacial score (nSPS) is 9.91. The number of nitrogens with two attached hydrogens (primary N) is 1. The van der Waals surface area contributed by atoms with Crippen LogP contribution in [0.3, 0.4) is 0 Å². The van der Waals surface area contributed by atoms with Crippen molar-refractivity contribution in [2.24, 2.45) is 10.2 Å². The first kappa shape index (κ1) is 17.2. The fourth-order valence-corrected chi connectivity index (χ4v) is 1.40. The number of phenolic OH excluding ortho intramolecular Hbond substituents is 1.